The van der Waals surface area contributed by atoms with Crippen LogP contribution in [0.1, 0.15) is 20.8 Å². The molecule has 0 aliphatic rings. The number of hydrogen-bond donors (Lipinski definition) is 4. The van der Waals surface area contributed by atoms with Gasteiger partial charge in [-0.15, -0.1) is 0 Å². The lowest BCUT2D eigenvalue weighted by Crippen LogP contribution is -2.14. The lowest BCUT2D eigenvalue weighted by atomic mass is 10.2. The van der Waals surface area contributed by atoms with Crippen LogP contribution in [0.3, 0.4) is 0 Å². The standard InChI is InChI=1S/C13H10N2O5/c16-8-4-7(5-9(17)6-8)12(18)15-11-3-1-2-10(14-11)13(19)20/h1-6,16-17H,(H,19,20)(H,14,15,18). The molecule has 0 spiro atoms. The number of carbonyl (C=O) groups excluding carboxylic acids is 1. The van der Waals surface area contributed by atoms with Crippen LogP contribution in [0.2, 0.25) is 0 Å². The number of nitrogens with zero attached hydrogens (tertiary/aromatic N) is 1. The number of rotatable bonds is 3. The number of carbonyl (C=O) groups is 2. The number of aromatic hydroxyl groups is 2. The minimum absolute atomic E-state index is 0.0185. The molecule has 7 heteroatoms. The van der Waals surface area contributed by atoms with E-state index in [0.717, 1.165) is 18.2 Å². The van der Waals surface area contributed by atoms with Crippen molar-refractivity contribution in [3.05, 3.63) is 47.7 Å². The number of amides is 1. The van der Waals surface area contributed by atoms with Gasteiger partial charge in [-0.05, 0) is 24.3 Å². The Hall–Kier alpha value is -3.09. The molecule has 2 aromatic rings. The Labute approximate surface area is 113 Å². The van der Waals surface area contributed by atoms with Crippen molar-refractivity contribution in [2.24, 2.45) is 0 Å². The third-order valence-electron chi connectivity index (χ3n) is 2.37. The van der Waals surface area contributed by atoms with Gasteiger partial charge in [-0.25, -0.2) is 9.78 Å². The number of benzene rings is 1. The van der Waals surface area contributed by atoms with Crippen LogP contribution in [0.4, 0.5) is 5.82 Å². The van der Waals surface area contributed by atoms with Crippen molar-refractivity contribution in [3.63, 3.8) is 0 Å². The van der Waals surface area contributed by atoms with Crippen LogP contribution in [0.15, 0.2) is 36.4 Å². The number of hydrogen-bond acceptors (Lipinski definition) is 5. The van der Waals surface area contributed by atoms with Crippen LogP contribution in [0.5, 0.6) is 11.5 Å². The van der Waals surface area contributed by atoms with Gasteiger partial charge in [0.1, 0.15) is 17.3 Å². The van der Waals surface area contributed by atoms with Crippen molar-refractivity contribution in [2.75, 3.05) is 5.32 Å². The average Bonchev–Trinajstić information content (AvgIpc) is 2.37. The van der Waals surface area contributed by atoms with E-state index in [1.54, 1.807) is 0 Å². The molecule has 102 valence electrons. The van der Waals surface area contributed by atoms with E-state index in [0.29, 0.717) is 0 Å². The van der Waals surface area contributed by atoms with E-state index in [1.165, 1.54) is 18.2 Å². The summed E-state index contributed by atoms with van der Waals surface area (Å²) in [5.74, 6) is -2.31. The Balaban J connectivity index is 2.23. The number of pyridine rings is 1. The van der Waals surface area contributed by atoms with E-state index in [4.69, 9.17) is 5.11 Å². The highest BCUT2D eigenvalue weighted by molar-refractivity contribution is 6.04. The van der Waals surface area contributed by atoms with Gasteiger partial charge in [0.25, 0.3) is 5.91 Å². The summed E-state index contributed by atoms with van der Waals surface area (Å²) in [5.41, 5.74) is -0.188. The lowest BCUT2D eigenvalue weighted by molar-refractivity contribution is 0.0690. The normalized spacial score (nSPS) is 10.0. The molecule has 0 aliphatic heterocycles. The largest absolute Gasteiger partial charge is 0.508 e. The maximum atomic E-state index is 11.9. The minimum Gasteiger partial charge on any atom is -0.508 e. The Morgan fingerprint density at radius 3 is 2.30 bits per heavy atom. The monoisotopic (exact) mass is 274 g/mol. The molecule has 0 bridgehead atoms. The first-order valence-corrected chi connectivity index (χ1v) is 5.50. The number of anilines is 1. The zero-order valence-corrected chi connectivity index (χ0v) is 10.1. The first kappa shape index (κ1) is 13.3. The fraction of sp³-hybridized carbons (Fsp3) is 0. The molecular formula is C13H10N2O5. The van der Waals surface area contributed by atoms with Crippen LogP contribution in [0, 0.1) is 0 Å². The van der Waals surface area contributed by atoms with Crippen molar-refractivity contribution in [3.8, 4) is 11.5 Å². The maximum absolute atomic E-state index is 11.9. The number of carboxylic acid groups (broad SMARTS) is 1. The van der Waals surface area contributed by atoms with Crippen LogP contribution in [-0.2, 0) is 0 Å². The van der Waals surface area contributed by atoms with E-state index >= 15 is 0 Å². The number of carboxylic acids is 1. The summed E-state index contributed by atoms with van der Waals surface area (Å²) in [4.78, 5) is 26.4. The zero-order valence-electron chi connectivity index (χ0n) is 10.1. The predicted octanol–water partition coefficient (Wildman–Crippen LogP) is 1.44. The van der Waals surface area contributed by atoms with Crippen molar-refractivity contribution in [2.45, 2.75) is 0 Å². The van der Waals surface area contributed by atoms with Gasteiger partial charge >= 0.3 is 5.97 Å². The minimum atomic E-state index is -1.21. The quantitative estimate of drug-likeness (QED) is 0.672. The molecule has 0 unspecified atom stereocenters. The van der Waals surface area contributed by atoms with Crippen molar-refractivity contribution in [1.82, 2.24) is 4.98 Å². The molecule has 0 fully saturated rings. The number of aromatic nitrogens is 1. The number of phenols is 2. The van der Waals surface area contributed by atoms with Crippen LogP contribution >= 0.6 is 0 Å². The van der Waals surface area contributed by atoms with Gasteiger partial charge in [0.15, 0.2) is 5.69 Å². The van der Waals surface area contributed by atoms with Crippen LogP contribution in [0.25, 0.3) is 0 Å². The Morgan fingerprint density at radius 2 is 1.70 bits per heavy atom. The summed E-state index contributed by atoms with van der Waals surface area (Å²) in [5, 5.41) is 29.7. The molecule has 1 heterocycles. The second kappa shape index (κ2) is 5.27. The van der Waals surface area contributed by atoms with Gasteiger partial charge in [-0.2, -0.15) is 0 Å². The molecule has 0 saturated heterocycles. The van der Waals surface area contributed by atoms with Gasteiger partial charge in [0.05, 0.1) is 0 Å². The zero-order chi connectivity index (χ0) is 14.7. The highest BCUT2D eigenvalue weighted by Crippen LogP contribution is 2.21. The molecule has 0 saturated carbocycles. The molecule has 1 aromatic carbocycles. The molecule has 0 radical (unpaired) electrons. The number of aromatic carboxylic acids is 1. The fourth-order valence-corrected chi connectivity index (χ4v) is 1.54. The summed E-state index contributed by atoms with van der Waals surface area (Å²) in [6, 6.07) is 7.56. The average molecular weight is 274 g/mol. The second-order valence-electron chi connectivity index (χ2n) is 3.91. The van der Waals surface area contributed by atoms with Gasteiger partial charge in [0, 0.05) is 11.6 Å². The lowest BCUT2D eigenvalue weighted by Gasteiger charge is -2.06. The molecule has 1 amide bonds. The van der Waals surface area contributed by atoms with Gasteiger partial charge < -0.3 is 20.6 Å². The Morgan fingerprint density at radius 1 is 1.05 bits per heavy atom. The number of phenolic OH excluding ortho intramolecular Hbond substituents is 2. The van der Waals surface area contributed by atoms with Crippen molar-refractivity contribution < 1.29 is 24.9 Å². The topological polar surface area (TPSA) is 120 Å². The highest BCUT2D eigenvalue weighted by atomic mass is 16.4. The molecule has 7 nitrogen and oxygen atoms in total. The molecule has 2 rings (SSSR count). The predicted molar refractivity (Wildman–Crippen MR) is 68.9 cm³/mol. The maximum Gasteiger partial charge on any atom is 0.354 e. The highest BCUT2D eigenvalue weighted by Gasteiger charge is 2.11. The summed E-state index contributed by atoms with van der Waals surface area (Å²) in [7, 11) is 0. The van der Waals surface area contributed by atoms with Gasteiger partial charge in [0.2, 0.25) is 0 Å². The summed E-state index contributed by atoms with van der Waals surface area (Å²) in [6.07, 6.45) is 0. The molecule has 20 heavy (non-hydrogen) atoms. The first-order valence-electron chi connectivity index (χ1n) is 5.50. The van der Waals surface area contributed by atoms with Crippen LogP contribution < -0.4 is 5.32 Å². The molecule has 0 atom stereocenters. The molecule has 4 N–H and O–H groups in total. The summed E-state index contributed by atoms with van der Waals surface area (Å²) >= 11 is 0. The van der Waals surface area contributed by atoms with E-state index < -0.39 is 11.9 Å². The van der Waals surface area contributed by atoms with E-state index in [1.807, 2.05) is 0 Å². The van der Waals surface area contributed by atoms with E-state index in [9.17, 15) is 19.8 Å². The van der Waals surface area contributed by atoms with Gasteiger partial charge in [-0.1, -0.05) is 6.07 Å². The summed E-state index contributed by atoms with van der Waals surface area (Å²) in [6.45, 7) is 0. The third-order valence-corrected chi connectivity index (χ3v) is 2.37. The van der Waals surface area contributed by atoms with Crippen molar-refractivity contribution >= 4 is 17.7 Å². The Kier molecular flexibility index (Phi) is 3.52. The Bertz CT molecular complexity index is 664. The summed E-state index contributed by atoms with van der Waals surface area (Å²) < 4.78 is 0. The smallest absolute Gasteiger partial charge is 0.354 e. The van der Waals surface area contributed by atoms with Crippen molar-refractivity contribution in [1.29, 1.82) is 0 Å². The van der Waals surface area contributed by atoms with Crippen LogP contribution in [-0.4, -0.2) is 32.2 Å². The molecule has 1 aromatic heterocycles. The fourth-order valence-electron chi connectivity index (χ4n) is 1.54. The van der Waals surface area contributed by atoms with E-state index in [-0.39, 0.29) is 28.6 Å². The molecule has 0 aliphatic carbocycles. The SMILES string of the molecule is O=C(Nc1cccc(C(=O)O)n1)c1cc(O)cc(O)c1. The van der Waals surface area contributed by atoms with Gasteiger partial charge in [-0.3, -0.25) is 4.79 Å². The second-order valence-corrected chi connectivity index (χ2v) is 3.91. The first-order chi connectivity index (χ1) is 9.45. The van der Waals surface area contributed by atoms with E-state index in [2.05, 4.69) is 10.3 Å². The number of nitrogens with one attached hydrogen (secondary N) is 1. The molecular weight excluding hydrogens is 264 g/mol. The third kappa shape index (κ3) is 3.02.